The third-order valence-electron chi connectivity index (χ3n) is 6.01. The van der Waals surface area contributed by atoms with E-state index >= 15 is 0 Å². The Balaban J connectivity index is 1.44. The molecule has 1 fully saturated rings. The van der Waals surface area contributed by atoms with Gasteiger partial charge in [-0.15, -0.1) is 0 Å². The van der Waals surface area contributed by atoms with E-state index in [0.29, 0.717) is 17.0 Å². The molecule has 7 heteroatoms. The molecule has 1 aliphatic heterocycles. The zero-order valence-electron chi connectivity index (χ0n) is 19.5. The first-order valence-corrected chi connectivity index (χ1v) is 11.1. The second-order valence-electron chi connectivity index (χ2n) is 10.6. The standard InChI is InChI=1S/C24H34N6O/c1-23(2,3)16-7-9-18(10-8-16)29-13-11-17(12-14-29)26-22-27-20-19(21(31)28-22)15-25-30(20)24(4,5)6/h7-10,15,17H,11-14H2,1-6H3,(H2,26,27,28,31). The minimum absolute atomic E-state index is 0.153. The smallest absolute Gasteiger partial charge is 0.263 e. The molecule has 3 aromatic rings. The number of anilines is 2. The zero-order chi connectivity index (χ0) is 22.4. The van der Waals surface area contributed by atoms with Crippen molar-refractivity contribution in [1.29, 1.82) is 0 Å². The monoisotopic (exact) mass is 422 g/mol. The first-order valence-electron chi connectivity index (χ1n) is 11.1. The maximum absolute atomic E-state index is 12.5. The Morgan fingerprint density at radius 2 is 1.68 bits per heavy atom. The fourth-order valence-electron chi connectivity index (χ4n) is 4.13. The van der Waals surface area contributed by atoms with Crippen LogP contribution in [0.3, 0.4) is 0 Å². The van der Waals surface area contributed by atoms with Crippen molar-refractivity contribution < 1.29 is 0 Å². The maximum atomic E-state index is 12.5. The van der Waals surface area contributed by atoms with Crippen molar-refractivity contribution in [2.24, 2.45) is 0 Å². The van der Waals surface area contributed by atoms with Crippen LogP contribution in [0.25, 0.3) is 11.0 Å². The molecule has 0 saturated carbocycles. The van der Waals surface area contributed by atoms with Crippen LogP contribution in [-0.2, 0) is 11.0 Å². The number of benzene rings is 1. The van der Waals surface area contributed by atoms with Gasteiger partial charge in [-0.2, -0.15) is 10.1 Å². The average molecular weight is 423 g/mol. The lowest BCUT2D eigenvalue weighted by Crippen LogP contribution is -2.39. The van der Waals surface area contributed by atoms with E-state index in [0.717, 1.165) is 25.9 Å². The number of nitrogens with one attached hydrogen (secondary N) is 2. The molecule has 166 valence electrons. The minimum Gasteiger partial charge on any atom is -0.371 e. The van der Waals surface area contributed by atoms with Gasteiger partial charge >= 0.3 is 0 Å². The third kappa shape index (κ3) is 4.45. The van der Waals surface area contributed by atoms with Gasteiger partial charge in [0.25, 0.3) is 5.56 Å². The molecule has 1 aliphatic rings. The summed E-state index contributed by atoms with van der Waals surface area (Å²) in [6.07, 6.45) is 3.57. The molecule has 1 aromatic carbocycles. The molecule has 1 saturated heterocycles. The molecule has 0 aliphatic carbocycles. The van der Waals surface area contributed by atoms with Crippen molar-refractivity contribution in [1.82, 2.24) is 19.7 Å². The lowest BCUT2D eigenvalue weighted by Gasteiger charge is -2.34. The Kier molecular flexibility index (Phi) is 5.31. The molecule has 31 heavy (non-hydrogen) atoms. The highest BCUT2D eigenvalue weighted by atomic mass is 16.1. The maximum Gasteiger partial charge on any atom is 0.263 e. The van der Waals surface area contributed by atoms with Crippen LogP contribution in [0.4, 0.5) is 11.6 Å². The molecule has 0 atom stereocenters. The van der Waals surface area contributed by atoms with Gasteiger partial charge < -0.3 is 10.2 Å². The molecule has 7 nitrogen and oxygen atoms in total. The van der Waals surface area contributed by atoms with E-state index in [-0.39, 0.29) is 22.6 Å². The summed E-state index contributed by atoms with van der Waals surface area (Å²) in [4.78, 5) is 22.5. The highest BCUT2D eigenvalue weighted by Crippen LogP contribution is 2.27. The predicted octanol–water partition coefficient (Wildman–Crippen LogP) is 4.25. The highest BCUT2D eigenvalue weighted by molar-refractivity contribution is 5.74. The number of nitrogens with zero attached hydrogens (tertiary/aromatic N) is 4. The summed E-state index contributed by atoms with van der Waals surface area (Å²) in [7, 11) is 0. The van der Waals surface area contributed by atoms with E-state index in [2.05, 4.69) is 91.1 Å². The van der Waals surface area contributed by atoms with Gasteiger partial charge in [-0.25, -0.2) is 4.68 Å². The van der Waals surface area contributed by atoms with Crippen LogP contribution in [0.15, 0.2) is 35.3 Å². The summed E-state index contributed by atoms with van der Waals surface area (Å²) in [5, 5.41) is 8.35. The van der Waals surface area contributed by atoms with Gasteiger partial charge in [0.2, 0.25) is 5.95 Å². The van der Waals surface area contributed by atoms with E-state index in [1.54, 1.807) is 6.20 Å². The van der Waals surface area contributed by atoms with Crippen molar-refractivity contribution >= 4 is 22.7 Å². The Bertz CT molecular complexity index is 1110. The van der Waals surface area contributed by atoms with Crippen LogP contribution >= 0.6 is 0 Å². The molecule has 0 radical (unpaired) electrons. The lowest BCUT2D eigenvalue weighted by molar-refractivity contribution is 0.366. The lowest BCUT2D eigenvalue weighted by atomic mass is 9.87. The molecule has 0 amide bonds. The van der Waals surface area contributed by atoms with Crippen molar-refractivity contribution in [2.45, 2.75) is 71.4 Å². The number of hydrogen-bond donors (Lipinski definition) is 2. The number of aromatic nitrogens is 4. The highest BCUT2D eigenvalue weighted by Gasteiger charge is 2.23. The minimum atomic E-state index is -0.242. The first kappa shape index (κ1) is 21.4. The molecule has 2 aromatic heterocycles. The molecule has 0 spiro atoms. The molecular formula is C24H34N6O. The Hall–Kier alpha value is -2.83. The zero-order valence-corrected chi connectivity index (χ0v) is 19.5. The van der Waals surface area contributed by atoms with E-state index in [1.807, 2.05) is 4.68 Å². The topological polar surface area (TPSA) is 78.8 Å². The summed E-state index contributed by atoms with van der Waals surface area (Å²) in [5.74, 6) is 0.525. The average Bonchev–Trinajstić information content (AvgIpc) is 3.13. The predicted molar refractivity (Wildman–Crippen MR) is 127 cm³/mol. The number of aromatic amines is 1. The van der Waals surface area contributed by atoms with Gasteiger partial charge in [-0.05, 0) is 56.7 Å². The van der Waals surface area contributed by atoms with Gasteiger partial charge in [0.15, 0.2) is 5.65 Å². The Morgan fingerprint density at radius 1 is 1.03 bits per heavy atom. The van der Waals surface area contributed by atoms with Crippen molar-refractivity contribution in [3.63, 3.8) is 0 Å². The number of rotatable bonds is 3. The normalized spacial score (nSPS) is 16.1. The van der Waals surface area contributed by atoms with Crippen LogP contribution < -0.4 is 15.8 Å². The van der Waals surface area contributed by atoms with E-state index in [9.17, 15) is 4.79 Å². The van der Waals surface area contributed by atoms with Crippen molar-refractivity contribution in [2.75, 3.05) is 23.3 Å². The number of hydrogen-bond acceptors (Lipinski definition) is 5. The summed E-state index contributed by atoms with van der Waals surface area (Å²) >= 11 is 0. The SMILES string of the molecule is CC(C)(C)c1ccc(N2CCC(Nc3nc4c(cnn4C(C)(C)C)c(=O)[nH]3)CC2)cc1. The van der Waals surface area contributed by atoms with Gasteiger partial charge in [-0.1, -0.05) is 32.9 Å². The second kappa shape index (κ2) is 7.70. The summed E-state index contributed by atoms with van der Waals surface area (Å²) in [6.45, 7) is 14.8. The van der Waals surface area contributed by atoms with Crippen LogP contribution in [-0.4, -0.2) is 38.9 Å². The van der Waals surface area contributed by atoms with E-state index < -0.39 is 0 Å². The van der Waals surface area contributed by atoms with Crippen molar-refractivity contribution in [3.05, 3.63) is 46.4 Å². The number of fused-ring (bicyclic) bond motifs is 1. The van der Waals surface area contributed by atoms with Gasteiger partial charge in [0, 0.05) is 24.8 Å². The summed E-state index contributed by atoms with van der Waals surface area (Å²) in [5.41, 5.74) is 3.02. The van der Waals surface area contributed by atoms with Crippen LogP contribution in [0.5, 0.6) is 0 Å². The molecule has 0 bridgehead atoms. The number of piperidine rings is 1. The van der Waals surface area contributed by atoms with E-state index in [1.165, 1.54) is 11.3 Å². The molecular weight excluding hydrogens is 388 g/mol. The van der Waals surface area contributed by atoms with E-state index in [4.69, 9.17) is 0 Å². The Labute approximate surface area is 183 Å². The molecule has 3 heterocycles. The van der Waals surface area contributed by atoms with Gasteiger partial charge in [0.05, 0.1) is 11.7 Å². The van der Waals surface area contributed by atoms with Gasteiger partial charge in [-0.3, -0.25) is 9.78 Å². The fourth-order valence-corrected chi connectivity index (χ4v) is 4.13. The summed E-state index contributed by atoms with van der Waals surface area (Å²) < 4.78 is 1.81. The number of H-pyrrole nitrogens is 1. The third-order valence-corrected chi connectivity index (χ3v) is 6.01. The van der Waals surface area contributed by atoms with Crippen LogP contribution in [0, 0.1) is 0 Å². The van der Waals surface area contributed by atoms with Crippen molar-refractivity contribution in [3.8, 4) is 0 Å². The summed E-state index contributed by atoms with van der Waals surface area (Å²) in [6, 6.07) is 9.21. The molecule has 0 unspecified atom stereocenters. The fraction of sp³-hybridized carbons (Fsp3) is 0.542. The quantitative estimate of drug-likeness (QED) is 0.660. The van der Waals surface area contributed by atoms with Gasteiger partial charge in [0.1, 0.15) is 5.39 Å². The second-order valence-corrected chi connectivity index (χ2v) is 10.6. The van der Waals surface area contributed by atoms with Crippen LogP contribution in [0.2, 0.25) is 0 Å². The Morgan fingerprint density at radius 3 is 2.26 bits per heavy atom. The largest absolute Gasteiger partial charge is 0.371 e. The first-order chi connectivity index (χ1) is 14.5. The van der Waals surface area contributed by atoms with Crippen LogP contribution in [0.1, 0.15) is 59.9 Å². The molecule has 4 rings (SSSR count). The molecule has 2 N–H and O–H groups in total.